The van der Waals surface area contributed by atoms with E-state index < -0.39 is 11.8 Å². The molecule has 12 rings (SSSR count). The average molecular weight is 2060 g/mol. The van der Waals surface area contributed by atoms with Crippen molar-refractivity contribution in [3.8, 4) is 69.0 Å². The summed E-state index contributed by atoms with van der Waals surface area (Å²) in [6.45, 7) is 51.1. The van der Waals surface area contributed by atoms with E-state index in [9.17, 15) is 33.2 Å². The van der Waals surface area contributed by atoms with Crippen LogP contribution in [0.3, 0.4) is 0 Å². The number of hydrogen-bond acceptors (Lipinski definition) is 18. The Morgan fingerprint density at radius 3 is 0.847 bits per heavy atom. The maximum Gasteiger partial charge on any atom is 0.310 e. The molecule has 12 aromatic rings. The van der Waals surface area contributed by atoms with Crippen LogP contribution in [0.2, 0.25) is 5.02 Å². The predicted octanol–water partition coefficient (Wildman–Crippen LogP) is 29.5. The van der Waals surface area contributed by atoms with Gasteiger partial charge in [0.15, 0.2) is 0 Å². The summed E-state index contributed by atoms with van der Waals surface area (Å²) in [4.78, 5) is 69.3. The predicted molar refractivity (Wildman–Crippen MR) is 554 cm³/mol. The van der Waals surface area contributed by atoms with E-state index in [0.29, 0.717) is 104 Å². The van der Waals surface area contributed by atoms with Gasteiger partial charge in [-0.3, -0.25) is 28.8 Å². The van der Waals surface area contributed by atoms with Gasteiger partial charge < -0.3 is 56.8 Å². The molecule has 0 fully saturated rings. The maximum absolute atomic E-state index is 14.1. The van der Waals surface area contributed by atoms with Crippen molar-refractivity contribution in [3.05, 3.63) is 346 Å². The maximum atomic E-state index is 14.1. The van der Waals surface area contributed by atoms with Gasteiger partial charge in [-0.2, -0.15) is 0 Å². The molecule has 726 valence electrons. The summed E-state index contributed by atoms with van der Waals surface area (Å²) in [6, 6.07) is 58.8. The van der Waals surface area contributed by atoms with Crippen LogP contribution in [0.25, 0.3) is 0 Å². The van der Waals surface area contributed by atoms with Crippen molar-refractivity contribution in [2.24, 2.45) is 0 Å². The molecule has 0 unspecified atom stereocenters. The number of benzene rings is 12. The van der Waals surface area contributed by atoms with Gasteiger partial charge in [0.1, 0.15) is 114 Å². The molecule has 0 aliphatic carbocycles. The minimum atomic E-state index is -0.451. The van der Waals surface area contributed by atoms with Crippen molar-refractivity contribution in [1.29, 1.82) is 0 Å². The van der Waals surface area contributed by atoms with Crippen molar-refractivity contribution in [2.45, 2.75) is 251 Å². The van der Waals surface area contributed by atoms with E-state index in [-0.39, 0.29) is 60.8 Å². The van der Waals surface area contributed by atoms with Crippen LogP contribution >= 0.6 is 50.1 Å². The van der Waals surface area contributed by atoms with Crippen molar-refractivity contribution < 1.29 is 90.0 Å². The molecule has 0 bridgehead atoms. The fourth-order valence-corrected chi connectivity index (χ4v) is 14.7. The molecule has 0 N–H and O–H groups in total. The first-order chi connectivity index (χ1) is 65.1. The first-order valence-electron chi connectivity index (χ1n) is 45.8. The van der Waals surface area contributed by atoms with E-state index in [2.05, 4.69) is 143 Å². The molecule has 0 saturated carbocycles. The zero-order valence-electron chi connectivity index (χ0n) is 83.7. The molecule has 137 heavy (non-hydrogen) atoms. The molecular formula is C115H130BrClFIO18. The van der Waals surface area contributed by atoms with Crippen LogP contribution in [0.1, 0.15) is 219 Å². The normalized spacial score (nSPS) is 10.5. The zero-order chi connectivity index (χ0) is 101. The molecule has 0 aromatic heterocycles. The molecule has 0 spiro atoms. The topological polar surface area (TPSA) is 213 Å². The highest BCUT2D eigenvalue weighted by Crippen LogP contribution is 2.37. The fraction of sp³-hybridized carbons (Fsp3) is 0.322. The smallest absolute Gasteiger partial charge is 0.310 e. The van der Waals surface area contributed by atoms with Crippen LogP contribution < -0.4 is 56.8 Å². The molecule has 12 aromatic carbocycles. The second kappa shape index (κ2) is 55.2. The van der Waals surface area contributed by atoms with Crippen molar-refractivity contribution >= 4 is 85.9 Å². The van der Waals surface area contributed by atoms with Crippen LogP contribution in [-0.4, -0.2) is 35.8 Å². The molecule has 0 saturated heterocycles. The fourth-order valence-electron chi connectivity index (χ4n) is 13.4. The van der Waals surface area contributed by atoms with Gasteiger partial charge in [0, 0.05) is 68.8 Å². The summed E-state index contributed by atoms with van der Waals surface area (Å²) in [6.07, 6.45) is 1.93. The second-order valence-electron chi connectivity index (χ2n) is 33.4. The van der Waals surface area contributed by atoms with Gasteiger partial charge in [0.25, 0.3) is 0 Å². The third-order valence-electron chi connectivity index (χ3n) is 22.7. The first-order valence-corrected chi connectivity index (χ1v) is 48.1. The molecule has 0 aliphatic heterocycles. The van der Waals surface area contributed by atoms with Crippen molar-refractivity contribution in [3.63, 3.8) is 0 Å². The lowest BCUT2D eigenvalue weighted by atomic mass is 10.1. The minimum absolute atomic E-state index is 0.00232. The molecule has 18 nitrogen and oxygen atoms in total. The molecule has 0 atom stereocenters. The van der Waals surface area contributed by atoms with E-state index in [1.165, 1.54) is 73.3 Å². The summed E-state index contributed by atoms with van der Waals surface area (Å²) in [5.74, 6) is 5.72. The van der Waals surface area contributed by atoms with E-state index in [1.807, 2.05) is 166 Å². The number of aryl methyl sites for hydroxylation is 19. The third kappa shape index (κ3) is 34.4. The molecule has 22 heteroatoms. The van der Waals surface area contributed by atoms with E-state index in [1.54, 1.807) is 77.9 Å². The lowest BCUT2D eigenvalue weighted by Gasteiger charge is -2.15. The average Bonchev–Trinajstić information content (AvgIpc) is 0.837. The van der Waals surface area contributed by atoms with Gasteiger partial charge in [0.05, 0.1) is 16.1 Å². The largest absolute Gasteiger partial charge is 0.488 e. The summed E-state index contributed by atoms with van der Waals surface area (Å²) in [5, 5.41) is 0.521. The van der Waals surface area contributed by atoms with Gasteiger partial charge >= 0.3 is 35.8 Å². The minimum Gasteiger partial charge on any atom is -0.488 e. The van der Waals surface area contributed by atoms with Crippen LogP contribution in [0.4, 0.5) is 4.39 Å². The number of hydrogen-bond donors (Lipinski definition) is 0. The molecule has 0 aliphatic rings. The number of esters is 6. The number of carbonyl (C=O) groups excluding carboxylic acids is 6. The number of para-hydroxylation sites is 1. The van der Waals surface area contributed by atoms with Gasteiger partial charge in [0.2, 0.25) is 0 Å². The lowest BCUT2D eigenvalue weighted by molar-refractivity contribution is -0.135. The van der Waals surface area contributed by atoms with E-state index >= 15 is 0 Å². The Labute approximate surface area is 836 Å². The number of ether oxygens (including phenoxy) is 12. The Morgan fingerprint density at radius 1 is 0.248 bits per heavy atom. The Hall–Kier alpha value is -12.3. The first kappa shape index (κ1) is 112. The Balaban J connectivity index is 0.000000224. The highest BCUT2D eigenvalue weighted by atomic mass is 127. The Kier molecular flexibility index (Phi) is 45.0. The summed E-state index contributed by atoms with van der Waals surface area (Å²) in [7, 11) is 0. The van der Waals surface area contributed by atoms with E-state index in [0.717, 1.165) is 104 Å². The Morgan fingerprint density at radius 2 is 0.489 bits per heavy atom. The van der Waals surface area contributed by atoms with Gasteiger partial charge in [-0.1, -0.05) is 160 Å². The van der Waals surface area contributed by atoms with Crippen molar-refractivity contribution in [2.75, 3.05) is 0 Å². The molecule has 0 radical (unpaired) electrons. The van der Waals surface area contributed by atoms with Crippen molar-refractivity contribution in [1.82, 2.24) is 0 Å². The number of carbonyl (C=O) groups is 6. The summed E-state index contributed by atoms with van der Waals surface area (Å²) in [5.41, 5.74) is 26.4. The van der Waals surface area contributed by atoms with Crippen LogP contribution in [-0.2, 0) is 68.4 Å². The van der Waals surface area contributed by atoms with Crippen LogP contribution in [0, 0.1) is 141 Å². The summed E-state index contributed by atoms with van der Waals surface area (Å²) < 4.78 is 83.6. The lowest BCUT2D eigenvalue weighted by Crippen LogP contribution is -2.10. The highest BCUT2D eigenvalue weighted by Gasteiger charge is 2.22. The number of halogens is 4. The standard InChI is InChI=1S/C20H24O3.C19H21BrO3.C19H21ClO3.C19H21FO3.C19H21IO3.C19H22O3/c1-6-20(21)23-18-9-7-8-13(2)17(18)12-22-19-11-15(4)14(3)10-16(19)5;4*1-5-19(21)23-17-8-6-7-16(20)15(17)11-22-18-10-13(3)12(2)9-14(18)4;1-5-19(20)22-17-9-7-6-8-16(17)12-21-18-11-14(3)13(2)10-15(18)4/h7-11H,6,12H2,1-5H3;4*6-10H,5,11H2,1-4H3;6-11H,5,12H2,1-4H3. The second-order valence-corrected chi connectivity index (χ2v) is 35.9. The number of rotatable bonds is 30. The molecule has 0 amide bonds. The van der Waals surface area contributed by atoms with E-state index in [4.69, 9.17) is 68.4 Å². The molecule has 0 heterocycles. The zero-order valence-corrected chi connectivity index (χ0v) is 88.2. The quantitative estimate of drug-likeness (QED) is 0.0232. The van der Waals surface area contributed by atoms with Gasteiger partial charge in [-0.25, -0.2) is 4.39 Å². The van der Waals surface area contributed by atoms with Crippen LogP contribution in [0.15, 0.2) is 193 Å². The highest BCUT2D eigenvalue weighted by molar-refractivity contribution is 14.1. The SMILES string of the molecule is CCC(=O)Oc1cccc(Br)c1COc1cc(C)c(C)cc1C.CCC(=O)Oc1cccc(C)c1COc1cc(C)c(C)cc1C.CCC(=O)Oc1cccc(Cl)c1COc1cc(C)c(C)cc1C.CCC(=O)Oc1cccc(F)c1COc1cc(C)c(C)cc1C.CCC(=O)Oc1cccc(I)c1COc1cc(C)c(C)cc1C.CCC(=O)Oc1ccccc1COc1cc(C)c(C)cc1C. The third-order valence-corrected chi connectivity index (χ3v) is 24.8. The van der Waals surface area contributed by atoms with Gasteiger partial charge in [-0.05, 0) is 357 Å². The van der Waals surface area contributed by atoms with Gasteiger partial charge in [-0.15, -0.1) is 0 Å². The monoisotopic (exact) mass is 2060 g/mol. The Bertz CT molecular complexity index is 5490. The summed E-state index contributed by atoms with van der Waals surface area (Å²) >= 11 is 12.0. The van der Waals surface area contributed by atoms with Crippen LogP contribution in [0.5, 0.6) is 69.0 Å². The molecular weight excluding hydrogens is 1930 g/mol.